The van der Waals surface area contributed by atoms with Gasteiger partial charge in [-0.1, -0.05) is 12.1 Å². The summed E-state index contributed by atoms with van der Waals surface area (Å²) in [6.45, 7) is 0.396. The first kappa shape index (κ1) is 21.0. The Kier molecular flexibility index (Phi) is 7.65. The molecule has 1 aliphatic heterocycles. The molecule has 1 aromatic heterocycles. The standard InChI is InChI=1S/C17H18BIN2O6S/c19-26-7-6-25-17(23)13-3-1-2-11-8-14(18(24)27-16(11)13)21-15(22)5-4-12-9-20-10-28-12/h1-3,9-10,14,24H,4-8H2,(H,21,22)/t14-/m0/s1. The van der Waals surface area contributed by atoms with E-state index in [1.807, 2.05) is 0 Å². The van der Waals surface area contributed by atoms with Crippen LogP contribution in [0.4, 0.5) is 0 Å². The number of amides is 1. The van der Waals surface area contributed by atoms with E-state index in [0.717, 1.165) is 10.4 Å². The molecular weight excluding hydrogens is 498 g/mol. The fourth-order valence-electron chi connectivity index (χ4n) is 2.83. The summed E-state index contributed by atoms with van der Waals surface area (Å²) in [6, 6.07) is 5.09. The number of carbonyl (C=O) groups is 2. The van der Waals surface area contributed by atoms with Crippen LogP contribution >= 0.6 is 34.3 Å². The molecule has 3 rings (SSSR count). The van der Waals surface area contributed by atoms with E-state index in [2.05, 4.69) is 10.3 Å². The van der Waals surface area contributed by atoms with E-state index < -0.39 is 19.0 Å². The van der Waals surface area contributed by atoms with Crippen LogP contribution in [0.15, 0.2) is 29.9 Å². The Morgan fingerprint density at radius 3 is 3.04 bits per heavy atom. The fraction of sp³-hybridized carbons (Fsp3) is 0.353. The highest BCUT2D eigenvalue weighted by Crippen LogP contribution is 2.30. The smallest absolute Gasteiger partial charge is 0.534 e. The van der Waals surface area contributed by atoms with E-state index in [1.165, 1.54) is 11.3 Å². The van der Waals surface area contributed by atoms with Crippen molar-refractivity contribution < 1.29 is 27.1 Å². The second-order valence-electron chi connectivity index (χ2n) is 6.10. The second-order valence-corrected chi connectivity index (χ2v) is 7.69. The largest absolute Gasteiger partial charge is 0.547 e. The molecule has 8 nitrogen and oxygen atoms in total. The van der Waals surface area contributed by atoms with Crippen molar-refractivity contribution in [2.45, 2.75) is 25.2 Å². The van der Waals surface area contributed by atoms with Gasteiger partial charge in [0.1, 0.15) is 40.9 Å². The molecule has 1 aromatic carbocycles. The number of nitrogens with one attached hydrogen (secondary N) is 1. The third-order valence-corrected chi connectivity index (χ3v) is 5.44. The minimum atomic E-state index is -1.26. The predicted octanol–water partition coefficient (Wildman–Crippen LogP) is 1.74. The maximum Gasteiger partial charge on any atom is 0.547 e. The van der Waals surface area contributed by atoms with Crippen molar-refractivity contribution >= 4 is 53.3 Å². The Hall–Kier alpha value is -1.70. The van der Waals surface area contributed by atoms with Gasteiger partial charge in [0.25, 0.3) is 0 Å². The van der Waals surface area contributed by atoms with Gasteiger partial charge in [-0.05, 0) is 24.5 Å². The van der Waals surface area contributed by atoms with Gasteiger partial charge < -0.3 is 22.8 Å². The van der Waals surface area contributed by atoms with Crippen LogP contribution in [-0.2, 0) is 25.4 Å². The van der Waals surface area contributed by atoms with Crippen LogP contribution in [0.1, 0.15) is 27.2 Å². The number of rotatable bonds is 8. The third kappa shape index (κ3) is 5.43. The number of carbonyl (C=O) groups excluding carboxylic acids is 2. The highest BCUT2D eigenvalue weighted by Gasteiger charge is 2.37. The number of benzene rings is 1. The Balaban J connectivity index is 1.61. The van der Waals surface area contributed by atoms with E-state index in [-0.39, 0.29) is 30.4 Å². The molecule has 2 N–H and O–H groups in total. The molecule has 0 unspecified atom stereocenters. The SMILES string of the molecule is O=C(CCc1cncs1)N[C@H]1Cc2cccc(C(=O)OCCOI)c2OB1O. The van der Waals surface area contributed by atoms with Crippen LogP contribution in [-0.4, -0.2) is 48.2 Å². The Morgan fingerprint density at radius 1 is 1.43 bits per heavy atom. The maximum atomic E-state index is 12.2. The number of para-hydroxylation sites is 1. The number of aromatic nitrogens is 1. The van der Waals surface area contributed by atoms with Crippen LogP contribution < -0.4 is 9.97 Å². The molecule has 0 fully saturated rings. The maximum absolute atomic E-state index is 12.2. The summed E-state index contributed by atoms with van der Waals surface area (Å²) in [4.78, 5) is 29.5. The van der Waals surface area contributed by atoms with Crippen molar-refractivity contribution in [2.75, 3.05) is 13.2 Å². The van der Waals surface area contributed by atoms with Crippen LogP contribution in [0.5, 0.6) is 5.75 Å². The van der Waals surface area contributed by atoms with Gasteiger partial charge in [0.15, 0.2) is 0 Å². The number of aryl methyl sites for hydroxylation is 1. The van der Waals surface area contributed by atoms with Crippen molar-refractivity contribution in [3.05, 3.63) is 45.9 Å². The van der Waals surface area contributed by atoms with Gasteiger partial charge in [-0.2, -0.15) is 0 Å². The van der Waals surface area contributed by atoms with Gasteiger partial charge in [0.2, 0.25) is 5.91 Å². The molecule has 1 atom stereocenters. The van der Waals surface area contributed by atoms with Gasteiger partial charge >= 0.3 is 13.1 Å². The molecule has 2 aromatic rings. The number of hydrogen-bond donors (Lipinski definition) is 2. The summed E-state index contributed by atoms with van der Waals surface area (Å²) in [6.07, 6.45) is 2.97. The molecule has 2 heterocycles. The van der Waals surface area contributed by atoms with E-state index in [4.69, 9.17) is 12.5 Å². The topological polar surface area (TPSA) is 107 Å². The lowest BCUT2D eigenvalue weighted by Gasteiger charge is -2.29. The zero-order valence-corrected chi connectivity index (χ0v) is 17.8. The van der Waals surface area contributed by atoms with Gasteiger partial charge in [-0.15, -0.1) is 11.3 Å². The minimum Gasteiger partial charge on any atom is -0.534 e. The summed E-state index contributed by atoms with van der Waals surface area (Å²) >= 11 is 3.22. The van der Waals surface area contributed by atoms with Crippen LogP contribution in [0.3, 0.4) is 0 Å². The van der Waals surface area contributed by atoms with Gasteiger partial charge in [0.05, 0.1) is 18.1 Å². The van der Waals surface area contributed by atoms with Gasteiger partial charge in [0, 0.05) is 17.5 Å². The van der Waals surface area contributed by atoms with E-state index in [0.29, 0.717) is 19.3 Å². The van der Waals surface area contributed by atoms with E-state index >= 15 is 0 Å². The van der Waals surface area contributed by atoms with Crippen LogP contribution in [0.25, 0.3) is 0 Å². The lowest BCUT2D eigenvalue weighted by atomic mass is 9.72. The number of thiazole rings is 1. The highest BCUT2D eigenvalue weighted by atomic mass is 127. The van der Waals surface area contributed by atoms with Gasteiger partial charge in [-0.25, -0.2) is 4.79 Å². The average molecular weight is 516 g/mol. The van der Waals surface area contributed by atoms with Crippen LogP contribution in [0, 0.1) is 0 Å². The van der Waals surface area contributed by atoms with Crippen molar-refractivity contribution in [1.82, 2.24) is 10.3 Å². The zero-order chi connectivity index (χ0) is 19.9. The molecule has 0 bridgehead atoms. The molecule has 0 spiro atoms. The first-order chi connectivity index (χ1) is 13.6. The Bertz CT molecular complexity index is 822. The zero-order valence-electron chi connectivity index (χ0n) is 14.8. The molecule has 148 valence electrons. The van der Waals surface area contributed by atoms with E-state index in [1.54, 1.807) is 52.9 Å². The normalized spacial score (nSPS) is 15.5. The average Bonchev–Trinajstić information content (AvgIpc) is 3.20. The third-order valence-electron chi connectivity index (χ3n) is 4.16. The molecule has 0 aliphatic carbocycles. The minimum absolute atomic E-state index is 0.117. The molecule has 11 heteroatoms. The lowest BCUT2D eigenvalue weighted by molar-refractivity contribution is -0.121. The molecular formula is C17H18BIN2O6S. The van der Waals surface area contributed by atoms with Gasteiger partial charge in [-0.3, -0.25) is 9.78 Å². The summed E-state index contributed by atoms with van der Waals surface area (Å²) in [5.41, 5.74) is 2.68. The van der Waals surface area contributed by atoms with Crippen molar-refractivity contribution in [2.24, 2.45) is 0 Å². The molecule has 1 amide bonds. The lowest BCUT2D eigenvalue weighted by Crippen LogP contribution is -2.53. The summed E-state index contributed by atoms with van der Waals surface area (Å²) in [5, 5.41) is 13.1. The molecule has 1 aliphatic rings. The highest BCUT2D eigenvalue weighted by molar-refractivity contribution is 14.1. The molecule has 0 saturated heterocycles. The quantitative estimate of drug-likeness (QED) is 0.238. The Morgan fingerprint density at radius 2 is 2.29 bits per heavy atom. The number of fused-ring (bicyclic) bond motifs is 1. The summed E-state index contributed by atoms with van der Waals surface area (Å²) in [5.74, 6) is -1.05. The monoisotopic (exact) mass is 516 g/mol. The van der Waals surface area contributed by atoms with Crippen molar-refractivity contribution in [3.63, 3.8) is 0 Å². The summed E-state index contributed by atoms with van der Waals surface area (Å²) < 4.78 is 15.5. The first-order valence-electron chi connectivity index (χ1n) is 8.62. The first-order valence-corrected chi connectivity index (χ1v) is 10.4. The fourth-order valence-corrected chi connectivity index (χ4v) is 3.61. The number of halogens is 1. The molecule has 0 saturated carbocycles. The Labute approximate surface area is 180 Å². The van der Waals surface area contributed by atoms with E-state index in [9.17, 15) is 14.6 Å². The number of ether oxygens (including phenoxy) is 1. The second kappa shape index (κ2) is 10.2. The number of esters is 1. The predicted molar refractivity (Wildman–Crippen MR) is 111 cm³/mol. The van der Waals surface area contributed by atoms with Crippen molar-refractivity contribution in [1.29, 1.82) is 0 Å². The number of hydrogen-bond acceptors (Lipinski definition) is 8. The van der Waals surface area contributed by atoms with Crippen molar-refractivity contribution in [3.8, 4) is 5.75 Å². The summed E-state index contributed by atoms with van der Waals surface area (Å²) in [7, 11) is -1.26. The molecule has 28 heavy (non-hydrogen) atoms. The molecule has 0 radical (unpaired) electrons. The number of nitrogens with zero attached hydrogens (tertiary/aromatic N) is 1. The van der Waals surface area contributed by atoms with Crippen LogP contribution in [0.2, 0.25) is 0 Å².